The van der Waals surface area contributed by atoms with Crippen molar-refractivity contribution in [3.8, 4) is 0 Å². The molecule has 6 rings (SSSR count). The number of benzene rings is 1. The van der Waals surface area contributed by atoms with Crippen LogP contribution in [0.25, 0.3) is 11.0 Å². The number of anilines is 1. The summed E-state index contributed by atoms with van der Waals surface area (Å²) in [4.78, 5) is 42.1. The maximum atomic E-state index is 12.4. The second-order valence-electron chi connectivity index (χ2n) is 11.4. The Bertz CT molecular complexity index is 1400. The molecule has 1 aromatic carbocycles. The second kappa shape index (κ2) is 10.9. The smallest absolute Gasteiger partial charge is 0.348 e. The summed E-state index contributed by atoms with van der Waals surface area (Å²) in [5.41, 5.74) is 2.87. The van der Waals surface area contributed by atoms with Crippen molar-refractivity contribution >= 4 is 22.9 Å². The summed E-state index contributed by atoms with van der Waals surface area (Å²) >= 11 is 0. The van der Waals surface area contributed by atoms with Crippen LogP contribution < -0.4 is 11.0 Å². The molecule has 1 N–H and O–H groups in total. The lowest BCUT2D eigenvalue weighted by Gasteiger charge is -2.39. The molecule has 3 aromatic rings. The van der Waals surface area contributed by atoms with Gasteiger partial charge in [-0.05, 0) is 55.2 Å². The van der Waals surface area contributed by atoms with Gasteiger partial charge in [-0.2, -0.15) is 4.98 Å². The van der Waals surface area contributed by atoms with Gasteiger partial charge in [-0.25, -0.2) is 14.8 Å². The minimum atomic E-state index is -0.253. The molecule has 9 nitrogen and oxygen atoms in total. The van der Waals surface area contributed by atoms with Crippen LogP contribution in [0.15, 0.2) is 54.1 Å². The van der Waals surface area contributed by atoms with E-state index in [2.05, 4.69) is 58.0 Å². The Morgan fingerprint density at radius 2 is 1.69 bits per heavy atom. The average molecular weight is 528 g/mol. The Hall–Kier alpha value is -3.59. The highest BCUT2D eigenvalue weighted by Crippen LogP contribution is 2.40. The number of nitrogens with one attached hydrogen (secondary N) is 1. The molecule has 1 amide bonds. The number of rotatable bonds is 10. The number of amides is 1. The summed E-state index contributed by atoms with van der Waals surface area (Å²) in [7, 11) is 0. The highest BCUT2D eigenvalue weighted by atomic mass is 16.2. The van der Waals surface area contributed by atoms with Gasteiger partial charge in [0.15, 0.2) is 5.65 Å². The first kappa shape index (κ1) is 25.7. The highest BCUT2D eigenvalue weighted by molar-refractivity contribution is 5.87. The van der Waals surface area contributed by atoms with Crippen molar-refractivity contribution in [3.63, 3.8) is 0 Å². The standard InChI is InChI=1S/C30H37N7O2/c1-3-27(38)36-14-12-35(13-15-36)26(16-21-4-5-21)24-10-8-23(9-11-24)20(2)33-29-31-17-25-18-32-30(39)37(28(25)34-29)19-22-6-7-22/h3,8-11,17-18,20-22,26H,1,4-7,12-16,19H2,2H3,(H,31,33,34)/t20-,26?/m0/s1. The van der Waals surface area contributed by atoms with Gasteiger partial charge in [-0.1, -0.05) is 43.7 Å². The van der Waals surface area contributed by atoms with Crippen LogP contribution in [0.1, 0.15) is 62.2 Å². The number of hydrogen-bond acceptors (Lipinski definition) is 7. The van der Waals surface area contributed by atoms with Crippen LogP contribution in [0, 0.1) is 11.8 Å². The van der Waals surface area contributed by atoms with Crippen molar-refractivity contribution in [1.29, 1.82) is 0 Å². The topological polar surface area (TPSA) is 96.3 Å². The van der Waals surface area contributed by atoms with Crippen LogP contribution in [0.3, 0.4) is 0 Å². The van der Waals surface area contributed by atoms with E-state index in [0.717, 1.165) is 55.9 Å². The van der Waals surface area contributed by atoms with Gasteiger partial charge in [0.1, 0.15) is 0 Å². The summed E-state index contributed by atoms with van der Waals surface area (Å²) in [6.45, 7) is 9.67. The van der Waals surface area contributed by atoms with E-state index in [1.54, 1.807) is 17.0 Å². The van der Waals surface area contributed by atoms with Crippen molar-refractivity contribution in [3.05, 3.63) is 70.9 Å². The SMILES string of the molecule is C=CC(=O)N1CCN(C(CC2CC2)c2ccc([C@H](C)Nc3ncc4cnc(=O)n(CC5CC5)c4n3)cc2)CC1. The summed E-state index contributed by atoms with van der Waals surface area (Å²) < 4.78 is 1.69. The first-order chi connectivity index (χ1) is 19.0. The lowest BCUT2D eigenvalue weighted by Crippen LogP contribution is -2.49. The summed E-state index contributed by atoms with van der Waals surface area (Å²) in [6, 6.07) is 9.26. The van der Waals surface area contributed by atoms with E-state index in [9.17, 15) is 9.59 Å². The summed E-state index contributed by atoms with van der Waals surface area (Å²) in [6.07, 6.45) is 10.8. The molecule has 2 aromatic heterocycles. The van der Waals surface area contributed by atoms with Crippen molar-refractivity contribution in [2.45, 2.75) is 57.7 Å². The van der Waals surface area contributed by atoms with Crippen LogP contribution in [0.5, 0.6) is 0 Å². The predicted octanol–water partition coefficient (Wildman–Crippen LogP) is 3.94. The molecule has 1 aliphatic heterocycles. The molecule has 2 atom stereocenters. The number of carbonyl (C=O) groups is 1. The monoisotopic (exact) mass is 527 g/mol. The molecule has 0 bridgehead atoms. The van der Waals surface area contributed by atoms with Crippen molar-refractivity contribution in [2.75, 3.05) is 31.5 Å². The van der Waals surface area contributed by atoms with E-state index in [-0.39, 0.29) is 17.6 Å². The van der Waals surface area contributed by atoms with Crippen molar-refractivity contribution < 1.29 is 4.79 Å². The molecule has 9 heteroatoms. The van der Waals surface area contributed by atoms with Gasteiger partial charge in [0.2, 0.25) is 11.9 Å². The minimum Gasteiger partial charge on any atom is -0.348 e. The molecular weight excluding hydrogens is 490 g/mol. The van der Waals surface area contributed by atoms with Crippen LogP contribution >= 0.6 is 0 Å². The lowest BCUT2D eigenvalue weighted by atomic mass is 9.96. The van der Waals surface area contributed by atoms with Gasteiger partial charge in [0.25, 0.3) is 0 Å². The fourth-order valence-electron chi connectivity index (χ4n) is 5.60. The third kappa shape index (κ3) is 5.88. The summed E-state index contributed by atoms with van der Waals surface area (Å²) in [5, 5.41) is 4.20. The number of piperazine rings is 1. The summed E-state index contributed by atoms with van der Waals surface area (Å²) in [5.74, 6) is 1.88. The largest absolute Gasteiger partial charge is 0.349 e. The fraction of sp³-hybridized carbons (Fsp3) is 0.500. The molecule has 204 valence electrons. The highest BCUT2D eigenvalue weighted by Gasteiger charge is 2.32. The van der Waals surface area contributed by atoms with E-state index < -0.39 is 0 Å². The van der Waals surface area contributed by atoms with Gasteiger partial charge >= 0.3 is 5.69 Å². The predicted molar refractivity (Wildman–Crippen MR) is 151 cm³/mol. The van der Waals surface area contributed by atoms with Crippen LogP contribution in [-0.2, 0) is 11.3 Å². The molecule has 0 spiro atoms. The van der Waals surface area contributed by atoms with E-state index in [0.29, 0.717) is 30.1 Å². The normalized spacial score (nSPS) is 19.6. The zero-order valence-corrected chi connectivity index (χ0v) is 22.6. The fourth-order valence-corrected chi connectivity index (χ4v) is 5.60. The molecule has 0 radical (unpaired) electrons. The van der Waals surface area contributed by atoms with E-state index >= 15 is 0 Å². The minimum absolute atomic E-state index is 0.00251. The van der Waals surface area contributed by atoms with E-state index in [1.807, 2.05) is 4.90 Å². The van der Waals surface area contributed by atoms with Crippen LogP contribution in [0.2, 0.25) is 0 Å². The Balaban J connectivity index is 1.16. The number of nitrogens with zero attached hydrogens (tertiary/aromatic N) is 6. The Morgan fingerprint density at radius 3 is 2.36 bits per heavy atom. The molecule has 1 unspecified atom stereocenters. The maximum Gasteiger partial charge on any atom is 0.349 e. The second-order valence-corrected chi connectivity index (χ2v) is 11.4. The van der Waals surface area contributed by atoms with Gasteiger partial charge < -0.3 is 10.2 Å². The van der Waals surface area contributed by atoms with Gasteiger partial charge in [0, 0.05) is 51.2 Å². The number of fused-ring (bicyclic) bond motifs is 1. The maximum absolute atomic E-state index is 12.4. The number of hydrogen-bond donors (Lipinski definition) is 1. The zero-order chi connectivity index (χ0) is 26.9. The first-order valence-corrected chi connectivity index (χ1v) is 14.2. The third-order valence-corrected chi connectivity index (χ3v) is 8.40. The Kier molecular flexibility index (Phi) is 7.16. The average Bonchev–Trinajstić information content (AvgIpc) is 3.90. The molecular formula is C30H37N7O2. The quantitative estimate of drug-likeness (QED) is 0.399. The zero-order valence-electron chi connectivity index (χ0n) is 22.6. The van der Waals surface area contributed by atoms with Crippen molar-refractivity contribution in [1.82, 2.24) is 29.3 Å². The van der Waals surface area contributed by atoms with E-state index in [1.165, 1.54) is 30.9 Å². The van der Waals surface area contributed by atoms with E-state index in [4.69, 9.17) is 4.98 Å². The first-order valence-electron chi connectivity index (χ1n) is 14.2. The third-order valence-electron chi connectivity index (χ3n) is 8.40. The Morgan fingerprint density at radius 1 is 1.03 bits per heavy atom. The van der Waals surface area contributed by atoms with Gasteiger partial charge in [-0.15, -0.1) is 0 Å². The lowest BCUT2D eigenvalue weighted by molar-refractivity contribution is -0.128. The number of carbonyl (C=O) groups excluding carboxylic acids is 1. The molecule has 1 saturated heterocycles. The van der Waals surface area contributed by atoms with Crippen LogP contribution in [0.4, 0.5) is 5.95 Å². The van der Waals surface area contributed by atoms with Crippen molar-refractivity contribution in [2.24, 2.45) is 11.8 Å². The molecule has 3 aliphatic rings. The Labute approximate surface area is 229 Å². The van der Waals surface area contributed by atoms with Gasteiger partial charge in [0.05, 0.1) is 11.4 Å². The van der Waals surface area contributed by atoms with Crippen LogP contribution in [-0.4, -0.2) is 61.4 Å². The number of aromatic nitrogens is 4. The molecule has 3 fully saturated rings. The van der Waals surface area contributed by atoms with Gasteiger partial charge in [-0.3, -0.25) is 14.3 Å². The molecule has 3 heterocycles. The molecule has 39 heavy (non-hydrogen) atoms. The molecule has 2 aliphatic carbocycles. The molecule has 2 saturated carbocycles.